The van der Waals surface area contributed by atoms with E-state index < -0.39 is 12.7 Å². The number of nitrogens with one attached hydrogen (secondary N) is 1. The summed E-state index contributed by atoms with van der Waals surface area (Å²) in [6.45, 7) is 1.11. The second-order valence-corrected chi connectivity index (χ2v) is 8.81. The molecular weight excluding hydrogens is 430 g/mol. The third-order valence-corrected chi connectivity index (χ3v) is 6.40. The minimum absolute atomic E-state index is 0.0907. The lowest BCUT2D eigenvalue weighted by Gasteiger charge is -2.36. The number of aliphatic hydroxyl groups is 3. The molecule has 7 nitrogen and oxygen atoms in total. The highest BCUT2D eigenvalue weighted by Gasteiger charge is 2.31. The average molecular weight is 462 g/mol. The number of aliphatic hydroxyl groups excluding tert-OH is 3. The van der Waals surface area contributed by atoms with Gasteiger partial charge in [-0.3, -0.25) is 4.79 Å². The number of hydrogen-bond donors (Lipinski definition) is 4. The summed E-state index contributed by atoms with van der Waals surface area (Å²) in [4.78, 5) is 15.4. The third kappa shape index (κ3) is 5.44. The molecule has 1 amide bonds. The van der Waals surface area contributed by atoms with Gasteiger partial charge in [0.15, 0.2) is 0 Å². The van der Waals surface area contributed by atoms with Crippen LogP contribution in [-0.2, 0) is 4.79 Å². The highest BCUT2D eigenvalue weighted by atomic mass is 16.3. The van der Waals surface area contributed by atoms with Crippen LogP contribution < -0.4 is 5.32 Å². The number of imidazole rings is 1. The number of hydrogen-bond acceptors (Lipinski definition) is 5. The van der Waals surface area contributed by atoms with E-state index in [4.69, 9.17) is 5.11 Å². The molecule has 1 aromatic heterocycles. The molecule has 0 aliphatic heterocycles. The van der Waals surface area contributed by atoms with E-state index in [1.54, 1.807) is 23.9 Å². The van der Waals surface area contributed by atoms with Crippen molar-refractivity contribution in [3.05, 3.63) is 84.0 Å². The van der Waals surface area contributed by atoms with Crippen LogP contribution in [0.15, 0.2) is 67.0 Å². The first-order valence-electron chi connectivity index (χ1n) is 11.6. The zero-order chi connectivity index (χ0) is 24.1. The zero-order valence-corrected chi connectivity index (χ0v) is 19.2. The molecule has 1 unspecified atom stereocenters. The van der Waals surface area contributed by atoms with Crippen molar-refractivity contribution in [1.82, 2.24) is 14.9 Å². The summed E-state index contributed by atoms with van der Waals surface area (Å²) in [7, 11) is 0. The minimum Gasteiger partial charge on any atom is -0.394 e. The summed E-state index contributed by atoms with van der Waals surface area (Å²) in [6.07, 6.45) is 8.35. The lowest BCUT2D eigenvalue weighted by atomic mass is 9.75. The van der Waals surface area contributed by atoms with Crippen LogP contribution in [0.3, 0.4) is 0 Å². The summed E-state index contributed by atoms with van der Waals surface area (Å²) >= 11 is 0. The SMILES string of the molecule is C[C@H](O)c1nccn1C(/C=C/c1ccc(-c2ccc(C3CC(NC(=O)CO)C3)cc2)cc1)CO. The Morgan fingerprint density at radius 3 is 2.35 bits per heavy atom. The Bertz CT molecular complexity index is 1110. The van der Waals surface area contributed by atoms with Gasteiger partial charge in [0, 0.05) is 18.4 Å². The fourth-order valence-electron chi connectivity index (χ4n) is 4.41. The van der Waals surface area contributed by atoms with E-state index in [9.17, 15) is 15.0 Å². The van der Waals surface area contributed by atoms with Crippen LogP contribution in [0.5, 0.6) is 0 Å². The summed E-state index contributed by atoms with van der Waals surface area (Å²) < 4.78 is 1.78. The van der Waals surface area contributed by atoms with E-state index in [1.807, 2.05) is 24.3 Å². The van der Waals surface area contributed by atoms with Crippen molar-refractivity contribution in [2.75, 3.05) is 13.2 Å². The Morgan fingerprint density at radius 2 is 1.76 bits per heavy atom. The van der Waals surface area contributed by atoms with Crippen LogP contribution in [-0.4, -0.2) is 50.0 Å². The van der Waals surface area contributed by atoms with Crippen LogP contribution in [0.1, 0.15) is 54.8 Å². The number of benzene rings is 2. The Morgan fingerprint density at radius 1 is 1.12 bits per heavy atom. The maximum atomic E-state index is 11.3. The molecule has 3 aromatic rings. The quantitative estimate of drug-likeness (QED) is 0.391. The second-order valence-electron chi connectivity index (χ2n) is 8.81. The van der Waals surface area contributed by atoms with Gasteiger partial charge in [-0.15, -0.1) is 0 Å². The molecule has 0 bridgehead atoms. The van der Waals surface area contributed by atoms with Crippen LogP contribution in [0.25, 0.3) is 17.2 Å². The highest BCUT2D eigenvalue weighted by molar-refractivity contribution is 5.77. The maximum absolute atomic E-state index is 11.3. The van der Waals surface area contributed by atoms with Gasteiger partial charge in [-0.25, -0.2) is 4.98 Å². The molecule has 34 heavy (non-hydrogen) atoms. The van der Waals surface area contributed by atoms with Crippen LogP contribution >= 0.6 is 0 Å². The van der Waals surface area contributed by atoms with Crippen molar-refractivity contribution in [3.63, 3.8) is 0 Å². The first-order chi connectivity index (χ1) is 16.5. The fraction of sp³-hybridized carbons (Fsp3) is 0.333. The largest absolute Gasteiger partial charge is 0.394 e. The van der Waals surface area contributed by atoms with Gasteiger partial charge in [-0.1, -0.05) is 60.7 Å². The molecule has 4 N–H and O–H groups in total. The Balaban J connectivity index is 1.37. The van der Waals surface area contributed by atoms with Crippen molar-refractivity contribution in [2.24, 2.45) is 0 Å². The molecule has 2 aromatic carbocycles. The highest BCUT2D eigenvalue weighted by Crippen LogP contribution is 2.37. The minimum atomic E-state index is -0.707. The van der Waals surface area contributed by atoms with Gasteiger partial charge in [-0.05, 0) is 47.9 Å². The predicted octanol–water partition coefficient (Wildman–Crippen LogP) is 3.20. The van der Waals surface area contributed by atoms with Gasteiger partial charge < -0.3 is 25.2 Å². The number of nitrogens with zero attached hydrogens (tertiary/aromatic N) is 2. The van der Waals surface area contributed by atoms with Crippen LogP contribution in [0.4, 0.5) is 0 Å². The molecule has 0 saturated heterocycles. The van der Waals surface area contributed by atoms with Gasteiger partial charge in [0.05, 0.1) is 12.6 Å². The van der Waals surface area contributed by atoms with Crippen molar-refractivity contribution in [1.29, 1.82) is 0 Å². The van der Waals surface area contributed by atoms with Gasteiger partial charge in [0.2, 0.25) is 5.91 Å². The van der Waals surface area contributed by atoms with Gasteiger partial charge in [0.25, 0.3) is 0 Å². The summed E-state index contributed by atoms with van der Waals surface area (Å²) in [6, 6.07) is 16.6. The lowest BCUT2D eigenvalue weighted by Crippen LogP contribution is -2.44. The zero-order valence-electron chi connectivity index (χ0n) is 19.2. The Labute approximate surface area is 199 Å². The van der Waals surface area contributed by atoms with E-state index >= 15 is 0 Å². The lowest BCUT2D eigenvalue weighted by molar-refractivity contribution is -0.125. The fourth-order valence-corrected chi connectivity index (χ4v) is 4.41. The molecule has 7 heteroatoms. The smallest absolute Gasteiger partial charge is 0.245 e. The van der Waals surface area contributed by atoms with Crippen molar-refractivity contribution in [3.8, 4) is 11.1 Å². The first-order valence-corrected chi connectivity index (χ1v) is 11.6. The van der Waals surface area contributed by atoms with Gasteiger partial charge in [0.1, 0.15) is 18.5 Å². The standard InChI is InChI=1S/C27H31N3O4/c1-18(33)27-28-12-13-30(27)25(16-31)11-4-19-2-5-20(6-3-19)21-7-9-22(10-8-21)23-14-24(15-23)29-26(34)17-32/h2-13,18,23-25,31-33H,14-17H2,1H3,(H,29,34)/b11-4+/t18-,23?,24?,25?/m0/s1. The molecule has 4 rings (SSSR count). The maximum Gasteiger partial charge on any atom is 0.245 e. The monoisotopic (exact) mass is 461 g/mol. The van der Waals surface area contributed by atoms with E-state index in [2.05, 4.69) is 46.7 Å². The second kappa shape index (κ2) is 10.8. The summed E-state index contributed by atoms with van der Waals surface area (Å²) in [5, 5.41) is 31.3. The Hall–Kier alpha value is -3.26. The molecule has 1 aliphatic carbocycles. The molecule has 1 saturated carbocycles. The van der Waals surface area contributed by atoms with E-state index in [0.29, 0.717) is 11.7 Å². The number of rotatable bonds is 9. The normalized spacial score (nSPS) is 19.5. The molecule has 1 heterocycles. The van der Waals surface area contributed by atoms with E-state index in [-0.39, 0.29) is 24.6 Å². The van der Waals surface area contributed by atoms with Crippen molar-refractivity contribution in [2.45, 2.75) is 43.9 Å². The topological polar surface area (TPSA) is 108 Å². The number of carbonyl (C=O) groups is 1. The Kier molecular flexibility index (Phi) is 7.57. The van der Waals surface area contributed by atoms with Gasteiger partial charge >= 0.3 is 0 Å². The molecule has 1 fully saturated rings. The molecule has 2 atom stereocenters. The third-order valence-electron chi connectivity index (χ3n) is 6.40. The van der Waals surface area contributed by atoms with Crippen molar-refractivity contribution >= 4 is 12.0 Å². The molecule has 1 aliphatic rings. The van der Waals surface area contributed by atoms with Crippen LogP contribution in [0.2, 0.25) is 0 Å². The molecule has 178 valence electrons. The van der Waals surface area contributed by atoms with Crippen LogP contribution in [0, 0.1) is 0 Å². The van der Waals surface area contributed by atoms with Crippen molar-refractivity contribution < 1.29 is 20.1 Å². The number of carbonyl (C=O) groups excluding carboxylic acids is 1. The summed E-state index contributed by atoms with van der Waals surface area (Å²) in [5.41, 5.74) is 4.54. The predicted molar refractivity (Wildman–Crippen MR) is 131 cm³/mol. The number of amides is 1. The summed E-state index contributed by atoms with van der Waals surface area (Å²) in [5.74, 6) is 0.653. The van der Waals surface area contributed by atoms with Gasteiger partial charge in [-0.2, -0.15) is 0 Å². The molecule has 0 radical (unpaired) electrons. The van der Waals surface area contributed by atoms with E-state index in [0.717, 1.165) is 29.5 Å². The first kappa shape index (κ1) is 23.9. The molecule has 0 spiro atoms. The van der Waals surface area contributed by atoms with E-state index in [1.165, 1.54) is 5.56 Å². The molecular formula is C27H31N3O4. The number of aromatic nitrogens is 2. The average Bonchev–Trinajstić information content (AvgIpc) is 3.32.